The Kier molecular flexibility index (Phi) is 5.50. The molecule has 1 amide bonds. The Morgan fingerprint density at radius 1 is 1.32 bits per heavy atom. The van der Waals surface area contributed by atoms with Gasteiger partial charge in [0.15, 0.2) is 5.82 Å². The molecule has 1 aromatic carbocycles. The van der Waals surface area contributed by atoms with E-state index in [0.717, 1.165) is 6.07 Å². The van der Waals surface area contributed by atoms with Gasteiger partial charge in [-0.15, -0.1) is 5.10 Å². The van der Waals surface area contributed by atoms with Gasteiger partial charge in [-0.1, -0.05) is 17.7 Å². The summed E-state index contributed by atoms with van der Waals surface area (Å²) < 4.78 is 2.57. The number of nitro groups is 1. The minimum Gasteiger partial charge on any atom is -0.350 e. The van der Waals surface area contributed by atoms with Crippen molar-refractivity contribution in [3.05, 3.63) is 73.8 Å². The highest BCUT2D eigenvalue weighted by Crippen LogP contribution is 2.21. The summed E-state index contributed by atoms with van der Waals surface area (Å²) >= 11 is 5.95. The molecule has 0 radical (unpaired) electrons. The molecule has 3 rings (SSSR count). The quantitative estimate of drug-likeness (QED) is 0.493. The number of hydrogen-bond donors (Lipinski definition) is 1. The molecule has 0 aliphatic carbocycles. The predicted octanol–water partition coefficient (Wildman–Crippen LogP) is 1.64. The number of carbonyl (C=O) groups excluding carboxylic acids is 1. The van der Waals surface area contributed by atoms with Crippen molar-refractivity contribution in [3.8, 4) is 11.5 Å². The molecule has 0 atom stereocenters. The van der Waals surface area contributed by atoms with E-state index >= 15 is 0 Å². The maximum atomic E-state index is 12.3. The predicted molar refractivity (Wildman–Crippen MR) is 101 cm³/mol. The van der Waals surface area contributed by atoms with Crippen LogP contribution in [-0.4, -0.2) is 36.7 Å². The van der Waals surface area contributed by atoms with Crippen LogP contribution in [0.3, 0.4) is 0 Å². The van der Waals surface area contributed by atoms with Crippen molar-refractivity contribution in [2.24, 2.45) is 7.05 Å². The van der Waals surface area contributed by atoms with E-state index in [2.05, 4.69) is 15.4 Å². The molecule has 11 heteroatoms. The summed E-state index contributed by atoms with van der Waals surface area (Å²) in [5.74, 6) is -0.179. The zero-order chi connectivity index (χ0) is 20.3. The van der Waals surface area contributed by atoms with E-state index in [-0.39, 0.29) is 35.1 Å². The van der Waals surface area contributed by atoms with Crippen molar-refractivity contribution in [2.75, 3.05) is 6.54 Å². The number of rotatable bonds is 6. The van der Waals surface area contributed by atoms with Crippen molar-refractivity contribution < 1.29 is 9.72 Å². The molecular formula is C17H15ClN6O4. The van der Waals surface area contributed by atoms with Crippen LogP contribution in [0, 0.1) is 10.1 Å². The molecule has 0 saturated heterocycles. The van der Waals surface area contributed by atoms with Gasteiger partial charge in [-0.2, -0.15) is 0 Å². The number of amides is 1. The molecule has 0 unspecified atom stereocenters. The third kappa shape index (κ3) is 3.91. The summed E-state index contributed by atoms with van der Waals surface area (Å²) in [6.45, 7) is 0.189. The second kappa shape index (κ2) is 8.01. The molecule has 144 valence electrons. The molecular weight excluding hydrogens is 388 g/mol. The third-order valence-corrected chi connectivity index (χ3v) is 4.28. The largest absolute Gasteiger partial charge is 0.350 e. The standard InChI is InChI=1S/C17H15ClN6O4/c1-22-15(14-4-2-3-7-19-14)21-23(17(22)26)9-8-20-16(25)12-10-11(24(27)28)5-6-13(12)18/h2-7,10H,8-9H2,1H3,(H,20,25). The van der Waals surface area contributed by atoms with E-state index in [4.69, 9.17) is 11.6 Å². The van der Waals surface area contributed by atoms with Crippen LogP contribution in [0.15, 0.2) is 47.4 Å². The molecule has 28 heavy (non-hydrogen) atoms. The molecule has 2 heterocycles. The lowest BCUT2D eigenvalue weighted by Crippen LogP contribution is -2.31. The van der Waals surface area contributed by atoms with Crippen molar-refractivity contribution in [1.82, 2.24) is 24.6 Å². The molecule has 3 aromatic rings. The number of nitro benzene ring substituents is 1. The van der Waals surface area contributed by atoms with Crippen LogP contribution in [0.1, 0.15) is 10.4 Å². The molecule has 0 fully saturated rings. The fraction of sp³-hybridized carbons (Fsp3) is 0.176. The van der Waals surface area contributed by atoms with E-state index in [0.29, 0.717) is 11.5 Å². The van der Waals surface area contributed by atoms with Gasteiger partial charge in [-0.3, -0.25) is 24.5 Å². The van der Waals surface area contributed by atoms with Crippen LogP contribution < -0.4 is 11.0 Å². The van der Waals surface area contributed by atoms with Crippen LogP contribution in [0.4, 0.5) is 5.69 Å². The lowest BCUT2D eigenvalue weighted by Gasteiger charge is -2.06. The van der Waals surface area contributed by atoms with E-state index in [1.165, 1.54) is 21.4 Å². The number of halogens is 1. The third-order valence-electron chi connectivity index (χ3n) is 3.95. The maximum Gasteiger partial charge on any atom is 0.346 e. The van der Waals surface area contributed by atoms with Gasteiger partial charge in [0.2, 0.25) is 0 Å². The van der Waals surface area contributed by atoms with Gasteiger partial charge in [-0.25, -0.2) is 9.48 Å². The fourth-order valence-corrected chi connectivity index (χ4v) is 2.73. The molecule has 0 aliphatic heterocycles. The molecule has 0 saturated carbocycles. The smallest absolute Gasteiger partial charge is 0.346 e. The Bertz CT molecular complexity index is 1090. The summed E-state index contributed by atoms with van der Waals surface area (Å²) in [6, 6.07) is 8.88. The van der Waals surface area contributed by atoms with Crippen LogP contribution in [0.25, 0.3) is 11.5 Å². The number of pyridine rings is 1. The Morgan fingerprint density at radius 2 is 2.11 bits per heavy atom. The van der Waals surface area contributed by atoms with Gasteiger partial charge < -0.3 is 5.32 Å². The number of carbonyl (C=O) groups is 1. The minimum atomic E-state index is -0.611. The number of benzene rings is 1. The van der Waals surface area contributed by atoms with Crippen molar-refractivity contribution in [1.29, 1.82) is 0 Å². The van der Waals surface area contributed by atoms with Crippen LogP contribution in [-0.2, 0) is 13.6 Å². The zero-order valence-corrected chi connectivity index (χ0v) is 15.5. The van der Waals surface area contributed by atoms with Gasteiger partial charge >= 0.3 is 5.69 Å². The molecule has 2 aromatic heterocycles. The van der Waals surface area contributed by atoms with Crippen LogP contribution in [0.5, 0.6) is 0 Å². The zero-order valence-electron chi connectivity index (χ0n) is 14.7. The van der Waals surface area contributed by atoms with Gasteiger partial charge in [0, 0.05) is 31.9 Å². The average Bonchev–Trinajstić information content (AvgIpc) is 2.97. The highest BCUT2D eigenvalue weighted by Gasteiger charge is 2.16. The van der Waals surface area contributed by atoms with E-state index < -0.39 is 10.8 Å². The first-order chi connectivity index (χ1) is 13.4. The summed E-state index contributed by atoms with van der Waals surface area (Å²) in [6.07, 6.45) is 1.60. The SMILES string of the molecule is Cn1c(-c2ccccn2)nn(CCNC(=O)c2cc([N+](=O)[O-])ccc2Cl)c1=O. The monoisotopic (exact) mass is 402 g/mol. The highest BCUT2D eigenvalue weighted by molar-refractivity contribution is 6.33. The summed E-state index contributed by atoms with van der Waals surface area (Å²) in [5, 5.41) is 17.8. The number of nitrogens with zero attached hydrogens (tertiary/aromatic N) is 5. The lowest BCUT2D eigenvalue weighted by atomic mass is 10.2. The van der Waals surface area contributed by atoms with Crippen molar-refractivity contribution in [2.45, 2.75) is 6.54 Å². The van der Waals surface area contributed by atoms with Gasteiger partial charge in [0.25, 0.3) is 11.6 Å². The highest BCUT2D eigenvalue weighted by atomic mass is 35.5. The van der Waals surface area contributed by atoms with E-state index in [1.54, 1.807) is 31.4 Å². The Labute approximate surface area is 163 Å². The topological polar surface area (TPSA) is 125 Å². The first kappa shape index (κ1) is 19.2. The fourth-order valence-electron chi connectivity index (χ4n) is 2.52. The molecule has 0 spiro atoms. The first-order valence-electron chi connectivity index (χ1n) is 8.16. The molecule has 10 nitrogen and oxygen atoms in total. The maximum absolute atomic E-state index is 12.3. The Morgan fingerprint density at radius 3 is 2.79 bits per heavy atom. The number of non-ortho nitro benzene ring substituents is 1. The van der Waals surface area contributed by atoms with Gasteiger partial charge in [0.05, 0.1) is 22.1 Å². The Balaban J connectivity index is 1.71. The van der Waals surface area contributed by atoms with Crippen LogP contribution >= 0.6 is 11.6 Å². The van der Waals surface area contributed by atoms with E-state index in [9.17, 15) is 19.7 Å². The molecule has 0 aliphatic rings. The summed E-state index contributed by atoms with van der Waals surface area (Å²) in [4.78, 5) is 39.0. The second-order valence-corrected chi connectivity index (χ2v) is 6.19. The van der Waals surface area contributed by atoms with E-state index in [1.807, 2.05) is 0 Å². The van der Waals surface area contributed by atoms with Crippen molar-refractivity contribution in [3.63, 3.8) is 0 Å². The first-order valence-corrected chi connectivity index (χ1v) is 8.53. The normalized spacial score (nSPS) is 10.6. The lowest BCUT2D eigenvalue weighted by molar-refractivity contribution is -0.384. The average molecular weight is 403 g/mol. The molecule has 1 N–H and O–H groups in total. The van der Waals surface area contributed by atoms with Crippen LogP contribution in [0.2, 0.25) is 5.02 Å². The minimum absolute atomic E-state index is 0.0154. The number of aromatic nitrogens is 4. The number of nitrogens with one attached hydrogen (secondary N) is 1. The number of hydrogen-bond acceptors (Lipinski definition) is 6. The summed E-state index contributed by atoms with van der Waals surface area (Å²) in [5.41, 5.74) is -0.0644. The second-order valence-electron chi connectivity index (χ2n) is 5.78. The van der Waals surface area contributed by atoms with Gasteiger partial charge in [-0.05, 0) is 18.2 Å². The molecule has 0 bridgehead atoms. The Hall–Kier alpha value is -3.53. The van der Waals surface area contributed by atoms with Crippen molar-refractivity contribution >= 4 is 23.2 Å². The summed E-state index contributed by atoms with van der Waals surface area (Å²) in [7, 11) is 1.58. The van der Waals surface area contributed by atoms with Gasteiger partial charge in [0.1, 0.15) is 5.69 Å².